The standard InChI is InChI=1S/C22H23N5O2S2/c1-16(28)26-8-10-27(11-9-26)17-4-5-20-19(13-17)21(6-7-23-20)31-15-22(29)25-24-14-18-3-2-12-30-18/h2-7,12-14H,8-11,15H2,1H3,(H,25,29)/b24-14+. The fraction of sp³-hybridized carbons (Fsp3) is 0.273. The molecule has 0 saturated carbocycles. The van der Waals surface area contributed by atoms with Gasteiger partial charge in [-0.2, -0.15) is 5.10 Å². The van der Waals surface area contributed by atoms with Gasteiger partial charge in [0, 0.05) is 60.1 Å². The van der Waals surface area contributed by atoms with Crippen LogP contribution in [-0.2, 0) is 9.59 Å². The Morgan fingerprint density at radius 3 is 2.81 bits per heavy atom. The van der Waals surface area contributed by atoms with E-state index in [1.807, 2.05) is 34.5 Å². The van der Waals surface area contributed by atoms with Gasteiger partial charge in [0.15, 0.2) is 0 Å². The Morgan fingerprint density at radius 1 is 1.23 bits per heavy atom. The lowest BCUT2D eigenvalue weighted by Gasteiger charge is -2.35. The van der Waals surface area contributed by atoms with Crippen molar-refractivity contribution < 1.29 is 9.59 Å². The molecule has 1 saturated heterocycles. The van der Waals surface area contributed by atoms with Gasteiger partial charge in [-0.3, -0.25) is 14.6 Å². The molecular formula is C22H23N5O2S2. The van der Waals surface area contributed by atoms with E-state index in [-0.39, 0.29) is 17.6 Å². The first kappa shape index (κ1) is 21.3. The third kappa shape index (κ3) is 5.42. The molecule has 9 heteroatoms. The number of nitrogens with one attached hydrogen (secondary N) is 1. The van der Waals surface area contributed by atoms with Gasteiger partial charge >= 0.3 is 0 Å². The summed E-state index contributed by atoms with van der Waals surface area (Å²) >= 11 is 3.04. The van der Waals surface area contributed by atoms with Crippen LogP contribution >= 0.6 is 23.1 Å². The summed E-state index contributed by atoms with van der Waals surface area (Å²) in [5, 5.41) is 6.99. The van der Waals surface area contributed by atoms with Crippen LogP contribution in [0.25, 0.3) is 10.9 Å². The van der Waals surface area contributed by atoms with Gasteiger partial charge in [0.2, 0.25) is 11.8 Å². The van der Waals surface area contributed by atoms with Crippen molar-refractivity contribution in [3.8, 4) is 0 Å². The molecule has 1 aliphatic rings. The third-order valence-electron chi connectivity index (χ3n) is 5.06. The summed E-state index contributed by atoms with van der Waals surface area (Å²) in [7, 11) is 0. The molecule has 0 spiro atoms. The van der Waals surface area contributed by atoms with Gasteiger partial charge in [-0.25, -0.2) is 5.43 Å². The molecule has 31 heavy (non-hydrogen) atoms. The van der Waals surface area contributed by atoms with Crippen molar-refractivity contribution in [2.45, 2.75) is 11.8 Å². The summed E-state index contributed by atoms with van der Waals surface area (Å²) in [6.45, 7) is 4.68. The number of carbonyl (C=O) groups is 2. The average Bonchev–Trinajstić information content (AvgIpc) is 3.31. The van der Waals surface area contributed by atoms with E-state index in [9.17, 15) is 9.59 Å². The second-order valence-corrected chi connectivity index (χ2v) is 9.10. The number of nitrogens with zero attached hydrogens (tertiary/aromatic N) is 4. The first-order valence-electron chi connectivity index (χ1n) is 9.97. The smallest absolute Gasteiger partial charge is 0.250 e. The Bertz CT molecular complexity index is 1090. The zero-order chi connectivity index (χ0) is 21.6. The van der Waals surface area contributed by atoms with Crippen LogP contribution in [-0.4, -0.2) is 59.8 Å². The summed E-state index contributed by atoms with van der Waals surface area (Å²) in [5.74, 6) is 0.237. The highest BCUT2D eigenvalue weighted by Gasteiger charge is 2.19. The lowest BCUT2D eigenvalue weighted by atomic mass is 10.1. The molecule has 1 aliphatic heterocycles. The molecule has 0 atom stereocenters. The Hall–Kier alpha value is -2.91. The van der Waals surface area contributed by atoms with Crippen molar-refractivity contribution in [1.29, 1.82) is 0 Å². The van der Waals surface area contributed by atoms with Crippen LogP contribution in [0.4, 0.5) is 5.69 Å². The molecule has 3 aromatic rings. The minimum atomic E-state index is -0.153. The van der Waals surface area contributed by atoms with E-state index in [1.54, 1.807) is 30.7 Å². The fourth-order valence-electron chi connectivity index (χ4n) is 3.42. The van der Waals surface area contributed by atoms with E-state index in [0.717, 1.165) is 52.5 Å². The lowest BCUT2D eigenvalue weighted by Crippen LogP contribution is -2.48. The second kappa shape index (κ2) is 9.93. The highest BCUT2D eigenvalue weighted by atomic mass is 32.2. The number of aromatic nitrogens is 1. The minimum absolute atomic E-state index is 0.124. The molecule has 160 valence electrons. The van der Waals surface area contributed by atoms with Crippen LogP contribution in [0.15, 0.2) is 58.0 Å². The first-order chi connectivity index (χ1) is 15.1. The molecule has 0 radical (unpaired) electrons. The maximum atomic E-state index is 12.2. The van der Waals surface area contributed by atoms with E-state index in [0.29, 0.717) is 0 Å². The molecule has 0 unspecified atom stereocenters. The fourth-order valence-corrected chi connectivity index (χ4v) is 4.83. The number of hydrazone groups is 1. The van der Waals surface area contributed by atoms with Gasteiger partial charge in [0.1, 0.15) is 0 Å². The topological polar surface area (TPSA) is 77.9 Å². The Labute approximate surface area is 189 Å². The van der Waals surface area contributed by atoms with Gasteiger partial charge in [-0.15, -0.1) is 23.1 Å². The summed E-state index contributed by atoms with van der Waals surface area (Å²) in [6.07, 6.45) is 3.41. The Balaban J connectivity index is 1.41. The van der Waals surface area contributed by atoms with Crippen LogP contribution in [0.2, 0.25) is 0 Å². The molecule has 7 nitrogen and oxygen atoms in total. The number of benzene rings is 1. The van der Waals surface area contributed by atoms with Crippen molar-refractivity contribution in [2.75, 3.05) is 36.8 Å². The van der Waals surface area contributed by atoms with Gasteiger partial charge in [0.25, 0.3) is 0 Å². The van der Waals surface area contributed by atoms with E-state index in [2.05, 4.69) is 32.5 Å². The average molecular weight is 454 g/mol. The Morgan fingerprint density at radius 2 is 2.06 bits per heavy atom. The number of anilines is 1. The number of amides is 2. The van der Waals surface area contributed by atoms with Gasteiger partial charge < -0.3 is 9.80 Å². The summed E-state index contributed by atoms with van der Waals surface area (Å²) < 4.78 is 0. The van der Waals surface area contributed by atoms with Crippen LogP contribution in [0.1, 0.15) is 11.8 Å². The highest BCUT2D eigenvalue weighted by Crippen LogP contribution is 2.30. The third-order valence-corrected chi connectivity index (χ3v) is 6.94. The molecule has 1 N–H and O–H groups in total. The van der Waals surface area contributed by atoms with Crippen molar-refractivity contribution in [3.63, 3.8) is 0 Å². The van der Waals surface area contributed by atoms with Crippen molar-refractivity contribution in [1.82, 2.24) is 15.3 Å². The normalized spacial score (nSPS) is 14.4. The zero-order valence-corrected chi connectivity index (χ0v) is 18.8. The van der Waals surface area contributed by atoms with Crippen molar-refractivity contribution in [2.24, 2.45) is 5.10 Å². The SMILES string of the molecule is CC(=O)N1CCN(c2ccc3nccc(SCC(=O)N/N=C/c4cccs4)c3c2)CC1. The lowest BCUT2D eigenvalue weighted by molar-refractivity contribution is -0.129. The molecule has 2 aromatic heterocycles. The summed E-state index contributed by atoms with van der Waals surface area (Å²) in [4.78, 5) is 34.4. The molecule has 1 aromatic carbocycles. The number of hydrogen-bond acceptors (Lipinski definition) is 7. The van der Waals surface area contributed by atoms with E-state index >= 15 is 0 Å². The van der Waals surface area contributed by atoms with Crippen LogP contribution in [0.5, 0.6) is 0 Å². The maximum absolute atomic E-state index is 12.2. The van der Waals surface area contributed by atoms with Gasteiger partial charge in [0.05, 0.1) is 17.5 Å². The molecular weight excluding hydrogens is 430 g/mol. The van der Waals surface area contributed by atoms with E-state index in [4.69, 9.17) is 0 Å². The molecule has 4 rings (SSSR count). The molecule has 0 aliphatic carbocycles. The molecule has 2 amide bonds. The molecule has 1 fully saturated rings. The van der Waals surface area contributed by atoms with Crippen LogP contribution in [0, 0.1) is 0 Å². The first-order valence-corrected chi connectivity index (χ1v) is 11.8. The van der Waals surface area contributed by atoms with Gasteiger partial charge in [-0.05, 0) is 35.7 Å². The monoisotopic (exact) mass is 453 g/mol. The quantitative estimate of drug-likeness (QED) is 0.352. The largest absolute Gasteiger partial charge is 0.368 e. The van der Waals surface area contributed by atoms with E-state index in [1.165, 1.54) is 11.8 Å². The number of carbonyl (C=O) groups excluding carboxylic acids is 2. The van der Waals surface area contributed by atoms with Crippen molar-refractivity contribution in [3.05, 3.63) is 52.9 Å². The highest BCUT2D eigenvalue weighted by molar-refractivity contribution is 8.00. The minimum Gasteiger partial charge on any atom is -0.368 e. The van der Waals surface area contributed by atoms with E-state index < -0.39 is 0 Å². The number of hydrogen-bond donors (Lipinski definition) is 1. The number of fused-ring (bicyclic) bond motifs is 1. The van der Waals surface area contributed by atoms with Crippen LogP contribution < -0.4 is 10.3 Å². The Kier molecular flexibility index (Phi) is 6.83. The number of thiophene rings is 1. The number of thioether (sulfide) groups is 1. The second-order valence-electron chi connectivity index (χ2n) is 7.10. The number of piperazine rings is 1. The maximum Gasteiger partial charge on any atom is 0.250 e. The number of rotatable bonds is 6. The number of pyridine rings is 1. The molecule has 3 heterocycles. The predicted molar refractivity (Wildman–Crippen MR) is 127 cm³/mol. The van der Waals surface area contributed by atoms with Crippen molar-refractivity contribution >= 4 is 57.7 Å². The van der Waals surface area contributed by atoms with Gasteiger partial charge in [-0.1, -0.05) is 6.07 Å². The summed E-state index contributed by atoms with van der Waals surface area (Å²) in [5.41, 5.74) is 4.58. The van der Waals surface area contributed by atoms with Crippen LogP contribution in [0.3, 0.4) is 0 Å². The molecule has 0 bridgehead atoms. The zero-order valence-electron chi connectivity index (χ0n) is 17.2. The summed E-state index contributed by atoms with van der Waals surface area (Å²) in [6, 6.07) is 12.0. The predicted octanol–water partition coefficient (Wildman–Crippen LogP) is 3.21.